The Hall–Kier alpha value is -1.12. The highest BCUT2D eigenvalue weighted by atomic mass is 35.5. The van der Waals surface area contributed by atoms with E-state index in [1.54, 1.807) is 6.07 Å². The number of alkyl halides is 1. The van der Waals surface area contributed by atoms with Crippen LogP contribution in [0.15, 0.2) is 24.3 Å². The third kappa shape index (κ3) is 1.56. The van der Waals surface area contributed by atoms with E-state index in [9.17, 15) is 5.11 Å². The minimum Gasteiger partial charge on any atom is -0.507 e. The van der Waals surface area contributed by atoms with E-state index >= 15 is 0 Å². The molecule has 0 saturated carbocycles. The van der Waals surface area contributed by atoms with Gasteiger partial charge in [-0.2, -0.15) is 0 Å². The van der Waals surface area contributed by atoms with E-state index in [1.165, 1.54) is 0 Å². The van der Waals surface area contributed by atoms with Crippen LogP contribution >= 0.6 is 23.2 Å². The predicted molar refractivity (Wildman–Crippen MR) is 77.4 cm³/mol. The number of phenolic OH excluding ortho intramolecular Hbond substituents is 1. The number of nitrogens with zero attached hydrogens (tertiary/aromatic N) is 1. The largest absolute Gasteiger partial charge is 0.507 e. The number of halogens is 2. The lowest BCUT2D eigenvalue weighted by Crippen LogP contribution is -2.15. The molecule has 0 fully saturated rings. The molecule has 0 aliphatic carbocycles. The van der Waals surface area contributed by atoms with Crippen LogP contribution < -0.4 is 4.90 Å². The Bertz CT molecular complexity index is 627. The minimum atomic E-state index is 0.259. The van der Waals surface area contributed by atoms with Crippen molar-refractivity contribution < 1.29 is 5.11 Å². The summed E-state index contributed by atoms with van der Waals surface area (Å²) in [6, 6.07) is 7.40. The first-order valence-corrected chi connectivity index (χ1v) is 6.76. The van der Waals surface area contributed by atoms with Crippen LogP contribution in [0.1, 0.15) is 11.5 Å². The van der Waals surface area contributed by atoms with Gasteiger partial charge in [-0.05, 0) is 11.6 Å². The van der Waals surface area contributed by atoms with Crippen LogP contribution in [0.5, 0.6) is 5.75 Å². The summed E-state index contributed by atoms with van der Waals surface area (Å²) in [6.45, 7) is 0.864. The van der Waals surface area contributed by atoms with Crippen LogP contribution in [0.3, 0.4) is 0 Å². The Morgan fingerprint density at radius 2 is 2.22 bits per heavy atom. The molecule has 2 nitrogen and oxygen atoms in total. The molecule has 0 radical (unpaired) electrons. The highest BCUT2D eigenvalue weighted by Crippen LogP contribution is 2.46. The Morgan fingerprint density at radius 3 is 2.94 bits per heavy atom. The molecule has 1 atom stereocenters. The molecule has 0 aromatic heterocycles. The normalized spacial score (nSPS) is 18.4. The van der Waals surface area contributed by atoms with E-state index in [0.717, 1.165) is 28.6 Å². The van der Waals surface area contributed by atoms with Crippen LogP contribution in [0.4, 0.5) is 5.69 Å². The lowest BCUT2D eigenvalue weighted by atomic mass is 9.95. The first-order valence-electron chi connectivity index (χ1n) is 5.84. The zero-order valence-corrected chi connectivity index (χ0v) is 11.5. The molecule has 94 valence electrons. The Labute approximate surface area is 116 Å². The molecule has 1 N–H and O–H groups in total. The minimum absolute atomic E-state index is 0.259. The van der Waals surface area contributed by atoms with Crippen molar-refractivity contribution in [2.45, 2.75) is 5.92 Å². The van der Waals surface area contributed by atoms with Crippen molar-refractivity contribution in [1.29, 1.82) is 0 Å². The van der Waals surface area contributed by atoms with E-state index in [2.05, 4.69) is 4.90 Å². The van der Waals surface area contributed by atoms with Gasteiger partial charge in [0.05, 0.1) is 0 Å². The van der Waals surface area contributed by atoms with Gasteiger partial charge in [0.1, 0.15) is 5.75 Å². The van der Waals surface area contributed by atoms with Gasteiger partial charge in [-0.25, -0.2) is 0 Å². The summed E-state index contributed by atoms with van der Waals surface area (Å²) in [7, 11) is 2.01. The fraction of sp³-hybridized carbons (Fsp3) is 0.286. The van der Waals surface area contributed by atoms with Crippen molar-refractivity contribution in [3.8, 4) is 5.75 Å². The molecular weight excluding hydrogens is 269 g/mol. The topological polar surface area (TPSA) is 23.5 Å². The molecule has 2 aromatic rings. The number of benzene rings is 2. The summed E-state index contributed by atoms with van der Waals surface area (Å²) in [5.41, 5.74) is 2.18. The van der Waals surface area contributed by atoms with Gasteiger partial charge < -0.3 is 10.0 Å². The third-order valence-electron chi connectivity index (χ3n) is 3.61. The predicted octanol–water partition coefficient (Wildman–Crippen LogP) is 3.97. The number of hydrogen-bond acceptors (Lipinski definition) is 2. The SMILES string of the molecule is CN1C[C@@H](CCl)c2c1cc(O)c1cccc(Cl)c21. The summed E-state index contributed by atoms with van der Waals surface area (Å²) in [5.74, 6) is 1.09. The van der Waals surface area contributed by atoms with E-state index in [0.29, 0.717) is 10.9 Å². The quantitative estimate of drug-likeness (QED) is 0.800. The lowest BCUT2D eigenvalue weighted by molar-refractivity contribution is 0.481. The first kappa shape index (κ1) is 11.9. The molecule has 2 aromatic carbocycles. The van der Waals surface area contributed by atoms with Crippen molar-refractivity contribution in [2.75, 3.05) is 24.4 Å². The molecule has 1 heterocycles. The highest BCUT2D eigenvalue weighted by Gasteiger charge is 2.29. The average Bonchev–Trinajstić information content (AvgIpc) is 2.67. The lowest BCUT2D eigenvalue weighted by Gasteiger charge is -2.14. The molecule has 0 amide bonds. The number of fused-ring (bicyclic) bond motifs is 3. The van der Waals surface area contributed by atoms with Gasteiger partial charge in [0, 0.05) is 52.9 Å². The molecular formula is C14H13Cl2NO. The maximum Gasteiger partial charge on any atom is 0.125 e. The number of anilines is 1. The van der Waals surface area contributed by atoms with Crippen molar-refractivity contribution in [3.63, 3.8) is 0 Å². The molecule has 4 heteroatoms. The van der Waals surface area contributed by atoms with E-state index in [1.807, 2.05) is 25.2 Å². The van der Waals surface area contributed by atoms with Crippen molar-refractivity contribution in [3.05, 3.63) is 34.9 Å². The van der Waals surface area contributed by atoms with Gasteiger partial charge in [0.2, 0.25) is 0 Å². The fourth-order valence-electron chi connectivity index (χ4n) is 2.80. The summed E-state index contributed by atoms with van der Waals surface area (Å²) in [6.07, 6.45) is 0. The number of hydrogen-bond donors (Lipinski definition) is 1. The van der Waals surface area contributed by atoms with Crippen LogP contribution in [0.25, 0.3) is 10.8 Å². The Balaban J connectivity index is 2.44. The maximum absolute atomic E-state index is 10.1. The second kappa shape index (κ2) is 4.22. The van der Waals surface area contributed by atoms with Crippen molar-refractivity contribution in [2.24, 2.45) is 0 Å². The van der Waals surface area contributed by atoms with Crippen molar-refractivity contribution >= 4 is 39.7 Å². The standard InChI is InChI=1S/C14H13Cl2NO/c1-17-7-8(6-15)13-11(17)5-12(18)9-3-2-4-10(16)14(9)13/h2-5,8,18H,6-7H2,1H3/t8-/m1/s1. The third-order valence-corrected chi connectivity index (χ3v) is 4.30. The van der Waals surface area contributed by atoms with Gasteiger partial charge in [-0.15, -0.1) is 11.6 Å². The zero-order valence-electron chi connectivity index (χ0n) is 9.95. The van der Waals surface area contributed by atoms with Crippen LogP contribution in [0.2, 0.25) is 5.02 Å². The monoisotopic (exact) mass is 281 g/mol. The van der Waals surface area contributed by atoms with Crippen molar-refractivity contribution in [1.82, 2.24) is 0 Å². The summed E-state index contributed by atoms with van der Waals surface area (Å²) in [4.78, 5) is 2.12. The first-order chi connectivity index (χ1) is 8.63. The second-order valence-corrected chi connectivity index (χ2v) is 5.44. The number of rotatable bonds is 1. The molecule has 18 heavy (non-hydrogen) atoms. The van der Waals surface area contributed by atoms with E-state index in [4.69, 9.17) is 23.2 Å². The van der Waals surface area contributed by atoms with E-state index < -0.39 is 0 Å². The van der Waals surface area contributed by atoms with Gasteiger partial charge >= 0.3 is 0 Å². The van der Waals surface area contributed by atoms with E-state index in [-0.39, 0.29) is 11.7 Å². The summed E-state index contributed by atoms with van der Waals surface area (Å²) >= 11 is 12.4. The Kier molecular flexibility index (Phi) is 2.80. The smallest absolute Gasteiger partial charge is 0.125 e. The summed E-state index contributed by atoms with van der Waals surface area (Å²) < 4.78 is 0. The second-order valence-electron chi connectivity index (χ2n) is 4.72. The maximum atomic E-state index is 10.1. The number of phenols is 1. The van der Waals surface area contributed by atoms with Gasteiger partial charge in [0.25, 0.3) is 0 Å². The number of aromatic hydroxyl groups is 1. The highest BCUT2D eigenvalue weighted by molar-refractivity contribution is 6.36. The zero-order chi connectivity index (χ0) is 12.9. The van der Waals surface area contributed by atoms with Crippen LogP contribution in [-0.2, 0) is 0 Å². The Morgan fingerprint density at radius 1 is 1.44 bits per heavy atom. The van der Waals surface area contributed by atoms with Gasteiger partial charge in [-0.1, -0.05) is 23.7 Å². The molecule has 0 bridgehead atoms. The molecule has 1 aliphatic rings. The molecule has 1 aliphatic heterocycles. The summed E-state index contributed by atoms with van der Waals surface area (Å²) in [5, 5.41) is 12.5. The van der Waals surface area contributed by atoms with Crippen LogP contribution in [0, 0.1) is 0 Å². The molecule has 0 spiro atoms. The fourth-order valence-corrected chi connectivity index (χ4v) is 3.33. The van der Waals surface area contributed by atoms with Gasteiger partial charge in [-0.3, -0.25) is 0 Å². The molecule has 0 saturated heterocycles. The molecule has 0 unspecified atom stereocenters. The van der Waals surface area contributed by atoms with Gasteiger partial charge in [0.15, 0.2) is 0 Å². The van der Waals surface area contributed by atoms with Crippen LogP contribution in [-0.4, -0.2) is 24.6 Å². The molecule has 3 rings (SSSR count). The average molecular weight is 282 g/mol. The number of likely N-dealkylation sites (N-methyl/N-ethyl adjacent to an activating group) is 1.